The van der Waals surface area contributed by atoms with Crippen LogP contribution in [0.2, 0.25) is 0 Å². The van der Waals surface area contributed by atoms with Gasteiger partial charge < -0.3 is 5.11 Å². The van der Waals surface area contributed by atoms with Gasteiger partial charge in [-0.05, 0) is 22.8 Å². The van der Waals surface area contributed by atoms with Gasteiger partial charge in [0.25, 0.3) is 5.01 Å². The number of rotatable bonds is 1. The number of aromatic nitrogens is 1. The molecule has 122 valence electrons. The van der Waals surface area contributed by atoms with Crippen molar-refractivity contribution in [3.05, 3.63) is 71.8 Å². The van der Waals surface area contributed by atoms with Crippen molar-refractivity contribution < 1.29 is 10.1 Å². The zero-order chi connectivity index (χ0) is 17.2. The van der Waals surface area contributed by atoms with Crippen molar-refractivity contribution in [1.29, 1.82) is 0 Å². The maximum atomic E-state index is 12.9. The fourth-order valence-electron chi connectivity index (χ4n) is 4.03. The summed E-state index contributed by atoms with van der Waals surface area (Å²) in [7, 11) is 0. The Labute approximate surface area is 160 Å². The molecule has 0 spiro atoms. The number of thiazole rings is 1. The van der Waals surface area contributed by atoms with Gasteiger partial charge in [0.15, 0.2) is 0 Å². The molecule has 5 rings (SSSR count). The zero-order valence-electron chi connectivity index (χ0n) is 14.8. The van der Waals surface area contributed by atoms with Crippen molar-refractivity contribution in [2.75, 3.05) is 0 Å². The van der Waals surface area contributed by atoms with E-state index in [2.05, 4.69) is 55.2 Å². The van der Waals surface area contributed by atoms with Crippen LogP contribution in [0.1, 0.15) is 25.0 Å². The largest absolute Gasteiger partial charge is 2.00 e. The van der Waals surface area contributed by atoms with Gasteiger partial charge in [-0.3, -0.25) is 0 Å². The van der Waals surface area contributed by atoms with Crippen molar-refractivity contribution in [2.45, 2.75) is 19.3 Å². The minimum absolute atomic E-state index is 0. The Morgan fingerprint density at radius 1 is 0.846 bits per heavy atom. The summed E-state index contributed by atoms with van der Waals surface area (Å²) < 4.78 is 1.17. The Balaban J connectivity index is 0.00000168. The molecule has 0 atom stereocenters. The first-order valence-electron chi connectivity index (χ1n) is 8.43. The van der Waals surface area contributed by atoms with Gasteiger partial charge in [0.2, 0.25) is 5.52 Å². The molecule has 0 amide bonds. The summed E-state index contributed by atoms with van der Waals surface area (Å²) in [4.78, 5) is 3.46. The molecule has 0 radical (unpaired) electrons. The molecule has 3 aromatic carbocycles. The van der Waals surface area contributed by atoms with Crippen LogP contribution in [0.25, 0.3) is 31.9 Å². The van der Waals surface area contributed by atoms with E-state index in [-0.39, 0.29) is 21.3 Å². The second-order valence-electron chi connectivity index (χ2n) is 7.08. The summed E-state index contributed by atoms with van der Waals surface area (Å²) in [5.74, 6) is 0.0778. The molecule has 0 saturated carbocycles. The SMILES string of the molecule is CC1(C)c2ccccc2-c2c1ccc([O-])c2-c1[nH+]c2ccccc2s1.[Be+2]. The van der Waals surface area contributed by atoms with Crippen LogP contribution < -0.4 is 10.1 Å². The second kappa shape index (κ2) is 5.77. The Bertz CT molecular complexity index is 1110. The van der Waals surface area contributed by atoms with Gasteiger partial charge >= 0.3 is 10.1 Å². The molecule has 0 bridgehead atoms. The van der Waals surface area contributed by atoms with Gasteiger partial charge in [0.1, 0.15) is 4.70 Å². The third kappa shape index (κ3) is 2.18. The summed E-state index contributed by atoms with van der Waals surface area (Å²) >= 11 is 1.65. The molecule has 1 aliphatic carbocycles. The quantitative estimate of drug-likeness (QED) is 0.468. The number of hydrogen-bond acceptors (Lipinski definition) is 2. The van der Waals surface area contributed by atoms with E-state index < -0.39 is 0 Å². The maximum Gasteiger partial charge on any atom is 2.00 e. The van der Waals surface area contributed by atoms with Crippen LogP contribution in [0.15, 0.2) is 60.7 Å². The number of benzene rings is 3. The minimum atomic E-state index is -0.0922. The average Bonchev–Trinajstić information content (AvgIpc) is 3.13. The van der Waals surface area contributed by atoms with E-state index in [1.165, 1.54) is 21.4 Å². The summed E-state index contributed by atoms with van der Waals surface area (Å²) in [5.41, 5.74) is 6.58. The topological polar surface area (TPSA) is 37.2 Å². The van der Waals surface area contributed by atoms with Crippen molar-refractivity contribution in [3.8, 4) is 27.4 Å². The third-order valence-corrected chi connectivity index (χ3v) is 6.37. The van der Waals surface area contributed by atoms with Gasteiger partial charge in [-0.2, -0.15) is 4.98 Å². The average molecular weight is 352 g/mol. The van der Waals surface area contributed by atoms with Crippen molar-refractivity contribution in [1.82, 2.24) is 0 Å². The predicted molar refractivity (Wildman–Crippen MR) is 107 cm³/mol. The van der Waals surface area contributed by atoms with Crippen LogP contribution in [-0.4, -0.2) is 10.1 Å². The van der Waals surface area contributed by atoms with Gasteiger partial charge in [-0.25, -0.2) is 0 Å². The van der Waals surface area contributed by atoms with Crippen molar-refractivity contribution in [3.63, 3.8) is 0 Å². The van der Waals surface area contributed by atoms with Crippen LogP contribution in [0.5, 0.6) is 5.75 Å². The monoisotopic (exact) mass is 352 g/mol. The van der Waals surface area contributed by atoms with Gasteiger partial charge in [0.05, 0.1) is 5.56 Å². The number of nitrogens with one attached hydrogen (secondary N) is 1. The predicted octanol–water partition coefficient (Wildman–Crippen LogP) is 4.38. The summed E-state index contributed by atoms with van der Waals surface area (Å²) in [6.45, 7) is 4.47. The van der Waals surface area contributed by atoms with Crippen LogP contribution >= 0.6 is 11.3 Å². The molecule has 0 saturated heterocycles. The van der Waals surface area contributed by atoms with E-state index in [0.29, 0.717) is 0 Å². The van der Waals surface area contributed by atoms with Crippen molar-refractivity contribution >= 4 is 31.7 Å². The molecule has 4 heteroatoms. The molecule has 1 heterocycles. The Morgan fingerprint density at radius 3 is 2.38 bits per heavy atom. The second-order valence-corrected chi connectivity index (χ2v) is 8.14. The molecule has 1 N–H and O–H groups in total. The zero-order valence-corrected chi connectivity index (χ0v) is 15.6. The molecule has 0 fully saturated rings. The van der Waals surface area contributed by atoms with Crippen LogP contribution in [0, 0.1) is 0 Å². The van der Waals surface area contributed by atoms with Crippen LogP contribution in [-0.2, 0) is 5.41 Å². The Kier molecular flexibility index (Phi) is 3.76. The fraction of sp³-hybridized carbons (Fsp3) is 0.136. The first kappa shape index (κ1) is 17.0. The number of hydrogen-bond donors (Lipinski definition) is 0. The van der Waals surface area contributed by atoms with E-state index in [4.69, 9.17) is 0 Å². The van der Waals surface area contributed by atoms with Crippen molar-refractivity contribution in [2.24, 2.45) is 0 Å². The fourth-order valence-corrected chi connectivity index (χ4v) is 5.09. The Morgan fingerprint density at radius 2 is 1.58 bits per heavy atom. The molecule has 1 aromatic heterocycles. The molecule has 2 nitrogen and oxygen atoms in total. The summed E-state index contributed by atoms with van der Waals surface area (Å²) in [6.07, 6.45) is 0. The molecular formula is C22H17BeNOS+2. The van der Waals surface area contributed by atoms with Gasteiger partial charge in [-0.1, -0.05) is 79.5 Å². The molecule has 4 aromatic rings. The smallest absolute Gasteiger partial charge is 0.872 e. The van der Waals surface area contributed by atoms with Crippen LogP contribution in [0.4, 0.5) is 0 Å². The van der Waals surface area contributed by atoms with E-state index in [0.717, 1.165) is 21.7 Å². The van der Waals surface area contributed by atoms with E-state index >= 15 is 0 Å². The van der Waals surface area contributed by atoms with Gasteiger partial charge in [-0.15, -0.1) is 0 Å². The molecule has 0 aliphatic heterocycles. The molecule has 0 unspecified atom stereocenters. The summed E-state index contributed by atoms with van der Waals surface area (Å²) in [6, 6.07) is 20.4. The first-order chi connectivity index (χ1) is 12.1. The maximum absolute atomic E-state index is 12.9. The van der Waals surface area contributed by atoms with Gasteiger partial charge in [0, 0.05) is 17.0 Å². The molecule has 1 aliphatic rings. The number of para-hydroxylation sites is 1. The minimum Gasteiger partial charge on any atom is -0.872 e. The number of aromatic amines is 1. The third-order valence-electron chi connectivity index (χ3n) is 5.28. The number of H-pyrrole nitrogens is 1. The Hall–Kier alpha value is -2.48. The van der Waals surface area contributed by atoms with Crippen LogP contribution in [0.3, 0.4) is 0 Å². The normalized spacial score (nSPS) is 13.9. The molecule has 26 heavy (non-hydrogen) atoms. The first-order valence-corrected chi connectivity index (χ1v) is 9.24. The molecular weight excluding hydrogens is 335 g/mol. The number of fused-ring (bicyclic) bond motifs is 4. The van der Waals surface area contributed by atoms with E-state index in [9.17, 15) is 5.11 Å². The van der Waals surface area contributed by atoms with E-state index in [1.54, 1.807) is 17.4 Å². The standard InChI is InChI=1S/C22H17NOS.Be/c1-22(2)14-8-4-3-7-13(14)19-15(22)11-12-17(24)20(19)21-23-16-9-5-6-10-18(16)25-21;/h3-12,24H,1-2H3;/q;+2. The summed E-state index contributed by atoms with van der Waals surface area (Å²) in [5, 5.41) is 13.8. The van der Waals surface area contributed by atoms with E-state index in [1.807, 2.05) is 18.2 Å².